The van der Waals surface area contributed by atoms with Gasteiger partial charge in [0.1, 0.15) is 5.82 Å². The maximum absolute atomic E-state index is 13.2. The van der Waals surface area contributed by atoms with E-state index in [2.05, 4.69) is 0 Å². The summed E-state index contributed by atoms with van der Waals surface area (Å²) < 4.78 is 40.3. The van der Waals surface area contributed by atoms with Crippen LogP contribution >= 0.6 is 11.6 Å². The second kappa shape index (κ2) is 5.00. The molecule has 0 aliphatic carbocycles. The maximum Gasteiger partial charge on any atom is 0.264 e. The lowest BCUT2D eigenvalue weighted by molar-refractivity contribution is 0.583. The van der Waals surface area contributed by atoms with Crippen LogP contribution in [0, 0.1) is 5.82 Å². The fourth-order valence-electron chi connectivity index (χ4n) is 2.65. The fourth-order valence-corrected chi connectivity index (χ4v) is 4.62. The van der Waals surface area contributed by atoms with Crippen LogP contribution < -0.4 is 4.31 Å². The van der Waals surface area contributed by atoms with Crippen molar-refractivity contribution < 1.29 is 12.8 Å². The smallest absolute Gasteiger partial charge is 0.263 e. The molecule has 110 valence electrons. The molecular weight excluding hydrogens is 313 g/mol. The van der Waals surface area contributed by atoms with Crippen molar-refractivity contribution in [1.82, 2.24) is 0 Å². The predicted molar refractivity (Wildman–Crippen MR) is 80.7 cm³/mol. The largest absolute Gasteiger partial charge is 0.264 e. The summed E-state index contributed by atoms with van der Waals surface area (Å²) in [6, 6.07) is 10.7. The van der Waals surface area contributed by atoms with E-state index in [9.17, 15) is 12.8 Å². The van der Waals surface area contributed by atoms with Crippen LogP contribution in [0.1, 0.15) is 12.5 Å². The molecule has 0 radical (unpaired) electrons. The Balaban J connectivity index is 2.12. The predicted octanol–water partition coefficient (Wildman–Crippen LogP) is 3.62. The van der Waals surface area contributed by atoms with E-state index in [1.54, 1.807) is 12.1 Å². The topological polar surface area (TPSA) is 37.4 Å². The molecule has 1 atom stereocenters. The first kappa shape index (κ1) is 14.4. The summed E-state index contributed by atoms with van der Waals surface area (Å²) in [6.45, 7) is 1.85. The molecular formula is C15H13ClFNO2S. The normalized spacial score (nSPS) is 17.9. The molecule has 0 N–H and O–H groups in total. The van der Waals surface area contributed by atoms with Crippen molar-refractivity contribution in [3.63, 3.8) is 0 Å². The minimum absolute atomic E-state index is 0.00236. The molecule has 0 amide bonds. The van der Waals surface area contributed by atoms with Gasteiger partial charge in [-0.15, -0.1) is 0 Å². The monoisotopic (exact) mass is 325 g/mol. The Morgan fingerprint density at radius 1 is 1.24 bits per heavy atom. The van der Waals surface area contributed by atoms with E-state index < -0.39 is 15.8 Å². The quantitative estimate of drug-likeness (QED) is 0.845. The van der Waals surface area contributed by atoms with Gasteiger partial charge in [-0.25, -0.2) is 12.8 Å². The van der Waals surface area contributed by atoms with Crippen LogP contribution in [0.5, 0.6) is 0 Å². The SMILES string of the molecule is C[C@@H]1Cc2ccccc2N1S(=O)(=O)c1ccc(F)c(Cl)c1. The molecule has 0 saturated heterocycles. The lowest BCUT2D eigenvalue weighted by atomic mass is 10.1. The second-order valence-electron chi connectivity index (χ2n) is 5.06. The molecule has 2 aromatic rings. The molecule has 2 aromatic carbocycles. The second-order valence-corrected chi connectivity index (χ2v) is 7.28. The zero-order valence-corrected chi connectivity index (χ0v) is 12.8. The summed E-state index contributed by atoms with van der Waals surface area (Å²) in [4.78, 5) is -0.00236. The van der Waals surface area contributed by atoms with Crippen LogP contribution in [0.3, 0.4) is 0 Å². The lowest BCUT2D eigenvalue weighted by Crippen LogP contribution is -2.35. The van der Waals surface area contributed by atoms with Gasteiger partial charge in [0.15, 0.2) is 0 Å². The summed E-state index contributed by atoms with van der Waals surface area (Å²) in [5.41, 5.74) is 1.66. The number of hydrogen-bond donors (Lipinski definition) is 0. The highest BCUT2D eigenvalue weighted by Gasteiger charge is 2.35. The minimum atomic E-state index is -3.76. The summed E-state index contributed by atoms with van der Waals surface area (Å²) >= 11 is 5.71. The van der Waals surface area contributed by atoms with E-state index in [0.717, 1.165) is 17.7 Å². The third-order valence-corrected chi connectivity index (χ3v) is 5.81. The van der Waals surface area contributed by atoms with E-state index in [0.29, 0.717) is 12.1 Å². The number of benzene rings is 2. The van der Waals surface area contributed by atoms with Crippen LogP contribution in [0.25, 0.3) is 0 Å². The molecule has 0 bridgehead atoms. The van der Waals surface area contributed by atoms with Crippen molar-refractivity contribution in [1.29, 1.82) is 0 Å². The van der Waals surface area contributed by atoms with Crippen molar-refractivity contribution in [2.45, 2.75) is 24.3 Å². The maximum atomic E-state index is 13.2. The molecule has 1 heterocycles. The van der Waals surface area contributed by atoms with Crippen LogP contribution in [0.2, 0.25) is 5.02 Å². The molecule has 6 heteroatoms. The molecule has 3 rings (SSSR count). The van der Waals surface area contributed by atoms with Crippen molar-refractivity contribution in [3.05, 3.63) is 58.9 Å². The number of hydrogen-bond acceptors (Lipinski definition) is 2. The summed E-state index contributed by atoms with van der Waals surface area (Å²) in [5, 5.41) is -0.198. The average molecular weight is 326 g/mol. The van der Waals surface area contributed by atoms with Gasteiger partial charge in [0.25, 0.3) is 10.0 Å². The number of halogens is 2. The third-order valence-electron chi connectivity index (χ3n) is 3.59. The number of sulfonamides is 1. The molecule has 1 aliphatic rings. The van der Waals surface area contributed by atoms with Gasteiger partial charge in [-0.1, -0.05) is 29.8 Å². The Morgan fingerprint density at radius 2 is 1.95 bits per heavy atom. The van der Waals surface area contributed by atoms with E-state index in [1.807, 2.05) is 19.1 Å². The highest BCUT2D eigenvalue weighted by atomic mass is 35.5. The fraction of sp³-hybridized carbons (Fsp3) is 0.200. The Hall–Kier alpha value is -1.59. The van der Waals surface area contributed by atoms with Gasteiger partial charge in [0, 0.05) is 6.04 Å². The number of para-hydroxylation sites is 1. The highest BCUT2D eigenvalue weighted by molar-refractivity contribution is 7.92. The lowest BCUT2D eigenvalue weighted by Gasteiger charge is -2.24. The molecule has 21 heavy (non-hydrogen) atoms. The van der Waals surface area contributed by atoms with Gasteiger partial charge in [-0.05, 0) is 43.2 Å². The van der Waals surface area contributed by atoms with E-state index >= 15 is 0 Å². The van der Waals surface area contributed by atoms with Gasteiger partial charge in [-0.3, -0.25) is 4.31 Å². The molecule has 0 unspecified atom stereocenters. The molecule has 1 aliphatic heterocycles. The van der Waals surface area contributed by atoms with Gasteiger partial charge in [0.2, 0.25) is 0 Å². The van der Waals surface area contributed by atoms with Crippen LogP contribution in [0.4, 0.5) is 10.1 Å². The number of anilines is 1. The van der Waals surface area contributed by atoms with Crippen LogP contribution in [0.15, 0.2) is 47.4 Å². The van der Waals surface area contributed by atoms with Crippen molar-refractivity contribution in [2.75, 3.05) is 4.31 Å². The highest BCUT2D eigenvalue weighted by Crippen LogP contribution is 2.36. The molecule has 0 saturated carbocycles. The summed E-state index contributed by atoms with van der Waals surface area (Å²) in [5.74, 6) is -0.634. The third kappa shape index (κ3) is 2.30. The van der Waals surface area contributed by atoms with Gasteiger partial charge in [0.05, 0.1) is 15.6 Å². The zero-order chi connectivity index (χ0) is 15.2. The standard InChI is InChI=1S/C15H13ClFNO2S/c1-10-8-11-4-2-3-5-15(11)18(10)21(19,20)12-6-7-14(17)13(16)9-12/h2-7,9-10H,8H2,1H3/t10-/m1/s1. The van der Waals surface area contributed by atoms with Crippen LogP contribution in [-0.4, -0.2) is 14.5 Å². The van der Waals surface area contributed by atoms with E-state index in [-0.39, 0.29) is 16.0 Å². The molecule has 3 nitrogen and oxygen atoms in total. The Morgan fingerprint density at radius 3 is 2.67 bits per heavy atom. The Labute approximate surface area is 128 Å². The molecule has 0 spiro atoms. The summed E-state index contributed by atoms with van der Waals surface area (Å²) in [6.07, 6.45) is 0.657. The Bertz CT molecular complexity index is 807. The summed E-state index contributed by atoms with van der Waals surface area (Å²) in [7, 11) is -3.76. The van der Waals surface area contributed by atoms with Gasteiger partial charge < -0.3 is 0 Å². The van der Waals surface area contributed by atoms with E-state index in [1.165, 1.54) is 10.4 Å². The number of nitrogens with zero attached hydrogens (tertiary/aromatic N) is 1. The first-order valence-electron chi connectivity index (χ1n) is 6.48. The minimum Gasteiger partial charge on any atom is -0.263 e. The number of fused-ring (bicyclic) bond motifs is 1. The average Bonchev–Trinajstić information content (AvgIpc) is 2.78. The zero-order valence-electron chi connectivity index (χ0n) is 11.3. The molecule has 0 aromatic heterocycles. The first-order chi connectivity index (χ1) is 9.91. The molecule has 0 fully saturated rings. The van der Waals surface area contributed by atoms with Crippen molar-refractivity contribution >= 4 is 27.3 Å². The first-order valence-corrected chi connectivity index (χ1v) is 8.30. The number of rotatable bonds is 2. The van der Waals surface area contributed by atoms with Gasteiger partial charge in [-0.2, -0.15) is 0 Å². The van der Waals surface area contributed by atoms with Crippen molar-refractivity contribution in [2.24, 2.45) is 0 Å². The van der Waals surface area contributed by atoms with Crippen LogP contribution in [-0.2, 0) is 16.4 Å². The Kier molecular flexibility index (Phi) is 3.42. The van der Waals surface area contributed by atoms with Gasteiger partial charge >= 0.3 is 0 Å². The van der Waals surface area contributed by atoms with E-state index in [4.69, 9.17) is 11.6 Å². The van der Waals surface area contributed by atoms with Crippen molar-refractivity contribution in [3.8, 4) is 0 Å².